The SMILES string of the molecule is COCCC1(CNC(=O)N[C@@H](C)CO)CC1. The smallest absolute Gasteiger partial charge is 0.315 e. The molecule has 0 radical (unpaired) electrons. The molecule has 0 unspecified atom stereocenters. The monoisotopic (exact) mass is 230 g/mol. The predicted molar refractivity (Wildman–Crippen MR) is 61.2 cm³/mol. The second-order valence-electron chi connectivity index (χ2n) is 4.65. The zero-order valence-electron chi connectivity index (χ0n) is 10.1. The lowest BCUT2D eigenvalue weighted by molar-refractivity contribution is 0.170. The van der Waals surface area contributed by atoms with Gasteiger partial charge in [0.25, 0.3) is 0 Å². The predicted octanol–water partition coefficient (Wildman–Crippen LogP) is 0.483. The van der Waals surface area contributed by atoms with Crippen molar-refractivity contribution in [3.8, 4) is 0 Å². The van der Waals surface area contributed by atoms with E-state index in [-0.39, 0.29) is 24.1 Å². The minimum absolute atomic E-state index is 0.0394. The molecule has 16 heavy (non-hydrogen) atoms. The van der Waals surface area contributed by atoms with Crippen LogP contribution in [0.15, 0.2) is 0 Å². The molecular formula is C11H22N2O3. The summed E-state index contributed by atoms with van der Waals surface area (Å²) in [4.78, 5) is 11.4. The lowest BCUT2D eigenvalue weighted by atomic mass is 10.0. The van der Waals surface area contributed by atoms with Gasteiger partial charge in [0, 0.05) is 20.3 Å². The maximum absolute atomic E-state index is 11.4. The summed E-state index contributed by atoms with van der Waals surface area (Å²) in [5.41, 5.74) is 0.260. The molecule has 1 atom stereocenters. The fourth-order valence-corrected chi connectivity index (χ4v) is 1.60. The van der Waals surface area contributed by atoms with Gasteiger partial charge in [-0.2, -0.15) is 0 Å². The van der Waals surface area contributed by atoms with Gasteiger partial charge in [-0.05, 0) is 31.6 Å². The van der Waals surface area contributed by atoms with Gasteiger partial charge in [0.05, 0.1) is 12.6 Å². The van der Waals surface area contributed by atoms with Crippen LogP contribution in [0.3, 0.4) is 0 Å². The molecule has 1 saturated carbocycles. The Kier molecular flexibility index (Phi) is 5.02. The summed E-state index contributed by atoms with van der Waals surface area (Å²) in [6, 6.07) is -0.403. The van der Waals surface area contributed by atoms with Gasteiger partial charge in [-0.3, -0.25) is 0 Å². The Labute approximate surface area is 96.6 Å². The second-order valence-corrected chi connectivity index (χ2v) is 4.65. The number of aliphatic hydroxyl groups excluding tert-OH is 1. The van der Waals surface area contributed by atoms with E-state index >= 15 is 0 Å². The average Bonchev–Trinajstić information content (AvgIpc) is 3.04. The van der Waals surface area contributed by atoms with Gasteiger partial charge < -0.3 is 20.5 Å². The molecule has 0 spiro atoms. The van der Waals surface area contributed by atoms with Crippen molar-refractivity contribution in [3.05, 3.63) is 0 Å². The Bertz CT molecular complexity index is 229. The van der Waals surface area contributed by atoms with Crippen LogP contribution in [0.25, 0.3) is 0 Å². The number of hydrogen-bond acceptors (Lipinski definition) is 3. The molecule has 0 aromatic carbocycles. The lowest BCUT2D eigenvalue weighted by Gasteiger charge is -2.17. The summed E-state index contributed by atoms with van der Waals surface area (Å²) in [6.07, 6.45) is 3.32. The number of carbonyl (C=O) groups is 1. The molecule has 2 amide bonds. The standard InChI is InChI=1S/C11H22N2O3/c1-9(7-14)13-10(15)12-8-11(3-4-11)5-6-16-2/h9,14H,3-8H2,1-2H3,(H2,12,13,15)/t9-/m0/s1. The molecule has 3 N–H and O–H groups in total. The highest BCUT2D eigenvalue weighted by Crippen LogP contribution is 2.48. The van der Waals surface area contributed by atoms with Crippen LogP contribution < -0.4 is 10.6 Å². The van der Waals surface area contributed by atoms with Gasteiger partial charge in [0.15, 0.2) is 0 Å². The minimum atomic E-state index is -0.203. The lowest BCUT2D eigenvalue weighted by Crippen LogP contribution is -2.44. The molecule has 0 saturated heterocycles. The molecule has 0 aromatic heterocycles. The fourth-order valence-electron chi connectivity index (χ4n) is 1.60. The van der Waals surface area contributed by atoms with E-state index in [9.17, 15) is 4.79 Å². The van der Waals surface area contributed by atoms with E-state index in [1.807, 2.05) is 0 Å². The molecule has 0 aromatic rings. The molecule has 1 aliphatic carbocycles. The van der Waals surface area contributed by atoms with Gasteiger partial charge in [-0.15, -0.1) is 0 Å². The molecular weight excluding hydrogens is 208 g/mol. The molecule has 0 heterocycles. The summed E-state index contributed by atoms with van der Waals surface area (Å²) >= 11 is 0. The molecule has 5 heteroatoms. The van der Waals surface area contributed by atoms with Crippen LogP contribution >= 0.6 is 0 Å². The Hall–Kier alpha value is -0.810. The first-order valence-electron chi connectivity index (χ1n) is 5.76. The van der Waals surface area contributed by atoms with E-state index in [1.54, 1.807) is 14.0 Å². The third kappa shape index (κ3) is 4.37. The zero-order valence-corrected chi connectivity index (χ0v) is 10.1. The summed E-state index contributed by atoms with van der Waals surface area (Å²) in [6.45, 7) is 3.16. The van der Waals surface area contributed by atoms with Crippen LogP contribution in [0.4, 0.5) is 4.79 Å². The molecule has 0 aliphatic heterocycles. The number of aliphatic hydroxyl groups is 1. The third-order valence-electron chi connectivity index (χ3n) is 3.07. The summed E-state index contributed by atoms with van der Waals surface area (Å²) in [5, 5.41) is 14.3. The van der Waals surface area contributed by atoms with Crippen LogP contribution in [0.2, 0.25) is 0 Å². The van der Waals surface area contributed by atoms with E-state index in [1.165, 1.54) is 0 Å². The number of rotatable bonds is 7. The van der Waals surface area contributed by atoms with Gasteiger partial charge in [0.2, 0.25) is 0 Å². The van der Waals surface area contributed by atoms with Gasteiger partial charge >= 0.3 is 6.03 Å². The van der Waals surface area contributed by atoms with Crippen LogP contribution in [0.1, 0.15) is 26.2 Å². The highest BCUT2D eigenvalue weighted by Gasteiger charge is 2.42. The molecule has 5 nitrogen and oxygen atoms in total. The topological polar surface area (TPSA) is 70.6 Å². The van der Waals surface area contributed by atoms with Crippen LogP contribution in [0.5, 0.6) is 0 Å². The first-order chi connectivity index (χ1) is 7.62. The average molecular weight is 230 g/mol. The highest BCUT2D eigenvalue weighted by molar-refractivity contribution is 5.74. The zero-order chi connectivity index (χ0) is 12.0. The Morgan fingerprint density at radius 1 is 1.56 bits per heavy atom. The van der Waals surface area contributed by atoms with Crippen molar-refractivity contribution >= 4 is 6.03 Å². The Balaban J connectivity index is 2.16. The molecule has 94 valence electrons. The molecule has 0 bridgehead atoms. The number of carbonyl (C=O) groups excluding carboxylic acids is 1. The normalized spacial score (nSPS) is 18.9. The maximum atomic E-state index is 11.4. The van der Waals surface area contributed by atoms with Crippen molar-refractivity contribution in [1.29, 1.82) is 0 Å². The van der Waals surface area contributed by atoms with Gasteiger partial charge in [0.1, 0.15) is 0 Å². The summed E-state index contributed by atoms with van der Waals surface area (Å²) in [7, 11) is 1.69. The van der Waals surface area contributed by atoms with Crippen molar-refractivity contribution in [1.82, 2.24) is 10.6 Å². The van der Waals surface area contributed by atoms with Crippen LogP contribution in [-0.2, 0) is 4.74 Å². The van der Waals surface area contributed by atoms with Crippen molar-refractivity contribution < 1.29 is 14.6 Å². The molecule has 1 aliphatic rings. The number of hydrogen-bond donors (Lipinski definition) is 3. The largest absolute Gasteiger partial charge is 0.394 e. The second kappa shape index (κ2) is 6.06. The molecule has 1 rings (SSSR count). The van der Waals surface area contributed by atoms with Crippen molar-refractivity contribution in [2.24, 2.45) is 5.41 Å². The van der Waals surface area contributed by atoms with E-state index < -0.39 is 0 Å². The summed E-state index contributed by atoms with van der Waals surface area (Å²) in [5.74, 6) is 0. The van der Waals surface area contributed by atoms with Crippen molar-refractivity contribution in [2.75, 3.05) is 26.9 Å². The summed E-state index contributed by atoms with van der Waals surface area (Å²) < 4.78 is 5.05. The number of ether oxygens (including phenoxy) is 1. The van der Waals surface area contributed by atoms with Crippen molar-refractivity contribution in [2.45, 2.75) is 32.2 Å². The third-order valence-corrected chi connectivity index (χ3v) is 3.07. The number of amides is 2. The first-order valence-corrected chi connectivity index (χ1v) is 5.76. The number of nitrogens with one attached hydrogen (secondary N) is 2. The first kappa shape index (κ1) is 13.3. The maximum Gasteiger partial charge on any atom is 0.315 e. The van der Waals surface area contributed by atoms with E-state index in [0.717, 1.165) is 25.9 Å². The molecule has 1 fully saturated rings. The number of urea groups is 1. The Morgan fingerprint density at radius 3 is 2.75 bits per heavy atom. The quantitative estimate of drug-likeness (QED) is 0.596. The number of methoxy groups -OCH3 is 1. The fraction of sp³-hybridized carbons (Fsp3) is 0.909. The van der Waals surface area contributed by atoms with E-state index in [4.69, 9.17) is 9.84 Å². The minimum Gasteiger partial charge on any atom is -0.394 e. The van der Waals surface area contributed by atoms with Crippen LogP contribution in [0, 0.1) is 5.41 Å². The van der Waals surface area contributed by atoms with E-state index in [2.05, 4.69) is 10.6 Å². The van der Waals surface area contributed by atoms with Gasteiger partial charge in [-0.1, -0.05) is 0 Å². The van der Waals surface area contributed by atoms with Crippen molar-refractivity contribution in [3.63, 3.8) is 0 Å². The Morgan fingerprint density at radius 2 is 2.25 bits per heavy atom. The highest BCUT2D eigenvalue weighted by atomic mass is 16.5. The van der Waals surface area contributed by atoms with Gasteiger partial charge in [-0.25, -0.2) is 4.79 Å². The van der Waals surface area contributed by atoms with E-state index in [0.29, 0.717) is 6.54 Å². The van der Waals surface area contributed by atoms with Crippen LogP contribution in [-0.4, -0.2) is 44.0 Å².